The van der Waals surface area contributed by atoms with Gasteiger partial charge in [0.05, 0.1) is 19.6 Å². The fourth-order valence-electron chi connectivity index (χ4n) is 1.99. The minimum Gasteiger partial charge on any atom is -0.481 e. The summed E-state index contributed by atoms with van der Waals surface area (Å²) in [5.41, 5.74) is 0.918. The Morgan fingerprint density at radius 3 is 2.45 bits per heavy atom. The van der Waals surface area contributed by atoms with Crippen LogP contribution in [0.25, 0.3) is 0 Å². The molecule has 1 aliphatic rings. The molecular formula is C14H24N2O4. The van der Waals surface area contributed by atoms with Gasteiger partial charge in [0.2, 0.25) is 5.91 Å². The van der Waals surface area contributed by atoms with Crippen molar-refractivity contribution in [2.75, 3.05) is 45.9 Å². The molecule has 0 aromatic heterocycles. The van der Waals surface area contributed by atoms with Crippen LogP contribution >= 0.6 is 0 Å². The second-order valence-corrected chi connectivity index (χ2v) is 5.14. The average molecular weight is 284 g/mol. The maximum atomic E-state index is 12.1. The molecule has 1 rings (SSSR count). The molecule has 0 atom stereocenters. The summed E-state index contributed by atoms with van der Waals surface area (Å²) in [7, 11) is 0. The minimum absolute atomic E-state index is 0.0224. The number of hydrogen-bond acceptors (Lipinski definition) is 4. The number of nitrogens with zero attached hydrogens (tertiary/aromatic N) is 2. The van der Waals surface area contributed by atoms with Crippen LogP contribution < -0.4 is 0 Å². The summed E-state index contributed by atoms with van der Waals surface area (Å²) in [6.45, 7) is 8.44. The van der Waals surface area contributed by atoms with E-state index in [1.165, 1.54) is 0 Å². The van der Waals surface area contributed by atoms with Crippen molar-refractivity contribution in [1.29, 1.82) is 0 Å². The summed E-state index contributed by atoms with van der Waals surface area (Å²) in [5.74, 6) is -0.995. The zero-order chi connectivity index (χ0) is 15.0. The number of rotatable bonds is 7. The Labute approximate surface area is 120 Å². The first kappa shape index (κ1) is 16.7. The monoisotopic (exact) mass is 284 g/mol. The fourth-order valence-corrected chi connectivity index (χ4v) is 1.99. The quantitative estimate of drug-likeness (QED) is 0.693. The number of allylic oxidation sites excluding steroid dienone is 1. The fraction of sp³-hybridized carbons (Fsp3) is 0.714. The average Bonchev–Trinajstić information content (AvgIpc) is 2.38. The van der Waals surface area contributed by atoms with E-state index in [4.69, 9.17) is 9.84 Å². The summed E-state index contributed by atoms with van der Waals surface area (Å²) in [6, 6.07) is 0. The Hall–Kier alpha value is -1.40. The number of amides is 1. The van der Waals surface area contributed by atoms with E-state index in [-0.39, 0.29) is 18.9 Å². The Bertz CT molecular complexity index is 358. The third-order valence-electron chi connectivity index (χ3n) is 3.11. The molecule has 0 unspecified atom stereocenters. The number of carboxylic acids is 1. The van der Waals surface area contributed by atoms with Gasteiger partial charge in [-0.05, 0) is 13.8 Å². The molecule has 1 fully saturated rings. The van der Waals surface area contributed by atoms with Crippen molar-refractivity contribution in [1.82, 2.24) is 9.80 Å². The number of carbonyl (C=O) groups is 2. The van der Waals surface area contributed by atoms with Crippen LogP contribution in [0, 0.1) is 0 Å². The van der Waals surface area contributed by atoms with Crippen LogP contribution in [0.1, 0.15) is 20.3 Å². The summed E-state index contributed by atoms with van der Waals surface area (Å²) < 4.78 is 5.28. The zero-order valence-corrected chi connectivity index (χ0v) is 12.3. The van der Waals surface area contributed by atoms with Gasteiger partial charge >= 0.3 is 5.97 Å². The lowest BCUT2D eigenvalue weighted by Crippen LogP contribution is -2.43. The Morgan fingerprint density at radius 2 is 1.90 bits per heavy atom. The number of ether oxygens (including phenoxy) is 1. The van der Waals surface area contributed by atoms with E-state index >= 15 is 0 Å². The summed E-state index contributed by atoms with van der Waals surface area (Å²) in [5, 5.41) is 8.76. The maximum Gasteiger partial charge on any atom is 0.305 e. The molecule has 0 saturated carbocycles. The van der Waals surface area contributed by atoms with Crippen molar-refractivity contribution in [3.63, 3.8) is 0 Å². The normalized spacial score (nSPS) is 15.7. The Kier molecular flexibility index (Phi) is 7.25. The van der Waals surface area contributed by atoms with Crippen molar-refractivity contribution in [2.45, 2.75) is 20.3 Å². The van der Waals surface area contributed by atoms with Gasteiger partial charge in [-0.1, -0.05) is 5.57 Å². The van der Waals surface area contributed by atoms with Gasteiger partial charge in [0.25, 0.3) is 0 Å². The van der Waals surface area contributed by atoms with Crippen LogP contribution in [0.2, 0.25) is 0 Å². The molecule has 0 radical (unpaired) electrons. The molecule has 1 heterocycles. The van der Waals surface area contributed by atoms with Gasteiger partial charge in [0.1, 0.15) is 0 Å². The van der Waals surface area contributed by atoms with Gasteiger partial charge in [-0.3, -0.25) is 14.5 Å². The molecule has 1 aliphatic heterocycles. The van der Waals surface area contributed by atoms with Crippen LogP contribution in [-0.4, -0.2) is 72.7 Å². The highest BCUT2D eigenvalue weighted by molar-refractivity contribution is 5.88. The highest BCUT2D eigenvalue weighted by atomic mass is 16.5. The zero-order valence-electron chi connectivity index (χ0n) is 12.3. The van der Waals surface area contributed by atoms with Crippen LogP contribution in [-0.2, 0) is 14.3 Å². The topological polar surface area (TPSA) is 70.1 Å². The highest BCUT2D eigenvalue weighted by Crippen LogP contribution is 2.02. The van der Waals surface area contributed by atoms with Crippen LogP contribution in [0.5, 0.6) is 0 Å². The van der Waals surface area contributed by atoms with Crippen molar-refractivity contribution in [3.05, 3.63) is 11.6 Å². The third kappa shape index (κ3) is 6.68. The lowest BCUT2D eigenvalue weighted by Gasteiger charge is -2.29. The summed E-state index contributed by atoms with van der Waals surface area (Å²) >= 11 is 0. The first-order chi connectivity index (χ1) is 9.49. The molecule has 0 aromatic carbocycles. The second kappa shape index (κ2) is 8.71. The van der Waals surface area contributed by atoms with Gasteiger partial charge in [0, 0.05) is 38.8 Å². The third-order valence-corrected chi connectivity index (χ3v) is 3.11. The summed E-state index contributed by atoms with van der Waals surface area (Å²) in [4.78, 5) is 26.6. The first-order valence-electron chi connectivity index (χ1n) is 6.94. The Balaban J connectivity index is 2.49. The SMILES string of the molecule is CC(C)=CC(=O)N(CCC(=O)O)CCN1CCOCC1. The predicted octanol–water partition coefficient (Wildman–Crippen LogP) is 0.588. The van der Waals surface area contributed by atoms with E-state index in [9.17, 15) is 9.59 Å². The molecule has 0 spiro atoms. The van der Waals surface area contributed by atoms with Gasteiger partial charge in [-0.15, -0.1) is 0 Å². The van der Waals surface area contributed by atoms with Crippen molar-refractivity contribution >= 4 is 11.9 Å². The molecule has 114 valence electrons. The predicted molar refractivity (Wildman–Crippen MR) is 75.5 cm³/mol. The summed E-state index contributed by atoms with van der Waals surface area (Å²) in [6.07, 6.45) is 1.53. The van der Waals surface area contributed by atoms with E-state index in [2.05, 4.69) is 4.90 Å². The standard InChI is InChI=1S/C14H24N2O4/c1-12(2)11-13(17)16(4-3-14(18)19)6-5-15-7-9-20-10-8-15/h11H,3-10H2,1-2H3,(H,18,19). The van der Waals surface area contributed by atoms with Crippen LogP contribution in [0.15, 0.2) is 11.6 Å². The Morgan fingerprint density at radius 1 is 1.25 bits per heavy atom. The van der Waals surface area contributed by atoms with Gasteiger partial charge in [-0.25, -0.2) is 0 Å². The molecule has 6 nitrogen and oxygen atoms in total. The maximum absolute atomic E-state index is 12.1. The van der Waals surface area contributed by atoms with E-state index in [0.717, 1.165) is 38.4 Å². The molecular weight excluding hydrogens is 260 g/mol. The molecule has 1 saturated heterocycles. The van der Waals surface area contributed by atoms with E-state index in [0.29, 0.717) is 6.54 Å². The number of morpholine rings is 1. The van der Waals surface area contributed by atoms with E-state index < -0.39 is 5.97 Å². The van der Waals surface area contributed by atoms with Gasteiger partial charge in [-0.2, -0.15) is 0 Å². The largest absolute Gasteiger partial charge is 0.481 e. The van der Waals surface area contributed by atoms with E-state index in [1.807, 2.05) is 13.8 Å². The number of aliphatic carboxylic acids is 1. The molecule has 1 N–H and O–H groups in total. The first-order valence-corrected chi connectivity index (χ1v) is 6.94. The van der Waals surface area contributed by atoms with Gasteiger partial charge in [0.15, 0.2) is 0 Å². The number of carboxylic acid groups (broad SMARTS) is 1. The van der Waals surface area contributed by atoms with Crippen molar-refractivity contribution in [3.8, 4) is 0 Å². The lowest BCUT2D eigenvalue weighted by molar-refractivity contribution is -0.138. The number of hydrogen-bond donors (Lipinski definition) is 1. The lowest BCUT2D eigenvalue weighted by atomic mass is 10.2. The molecule has 6 heteroatoms. The second-order valence-electron chi connectivity index (χ2n) is 5.14. The van der Waals surface area contributed by atoms with E-state index in [1.54, 1.807) is 11.0 Å². The highest BCUT2D eigenvalue weighted by Gasteiger charge is 2.16. The van der Waals surface area contributed by atoms with Crippen molar-refractivity contribution in [2.24, 2.45) is 0 Å². The van der Waals surface area contributed by atoms with Gasteiger partial charge < -0.3 is 14.7 Å². The molecule has 0 bridgehead atoms. The molecule has 0 aliphatic carbocycles. The van der Waals surface area contributed by atoms with Crippen LogP contribution in [0.3, 0.4) is 0 Å². The molecule has 1 amide bonds. The molecule has 0 aromatic rings. The minimum atomic E-state index is -0.883. The van der Waals surface area contributed by atoms with Crippen molar-refractivity contribution < 1.29 is 19.4 Å². The van der Waals surface area contributed by atoms with Crippen LogP contribution in [0.4, 0.5) is 0 Å². The molecule has 20 heavy (non-hydrogen) atoms. The smallest absolute Gasteiger partial charge is 0.305 e. The number of carbonyl (C=O) groups excluding carboxylic acids is 1.